The molecule has 0 spiro atoms. The predicted molar refractivity (Wildman–Crippen MR) is 73.7 cm³/mol. The number of carboxylic acids is 1. The molecule has 114 valence electrons. The Bertz CT molecular complexity index is 562. The Balaban J connectivity index is 2.72. The molecule has 3 N–H and O–H groups in total. The maximum Gasteiger partial charge on any atom is 0.338 e. The minimum atomic E-state index is -1.43. The van der Waals surface area contributed by atoms with E-state index in [1.54, 1.807) is 6.92 Å². The fourth-order valence-electron chi connectivity index (χ4n) is 1.53. The summed E-state index contributed by atoms with van der Waals surface area (Å²) in [5.41, 5.74) is -0.416. The molecule has 0 aliphatic heterocycles. The number of aromatic carboxylic acids is 1. The fraction of sp³-hybridized carbons (Fsp3) is 0.308. The molecular weight excluding hydrogens is 281 g/mol. The Labute approximate surface area is 120 Å². The molecule has 0 atom stereocenters. The van der Waals surface area contributed by atoms with Gasteiger partial charge in [-0.05, 0) is 25.1 Å². The smallest absolute Gasteiger partial charge is 0.338 e. The molecule has 0 fully saturated rings. The Morgan fingerprint density at radius 2 is 2.00 bits per heavy atom. The number of benzene rings is 1. The third-order valence-corrected chi connectivity index (χ3v) is 2.55. The third-order valence-electron chi connectivity index (χ3n) is 2.55. The van der Waals surface area contributed by atoms with Crippen molar-refractivity contribution in [3.63, 3.8) is 0 Å². The van der Waals surface area contributed by atoms with Gasteiger partial charge in [-0.3, -0.25) is 4.79 Å². The molecule has 0 radical (unpaired) electrons. The predicted octanol–water partition coefficient (Wildman–Crippen LogP) is 1.12. The second-order valence-corrected chi connectivity index (χ2v) is 4.24. The second kappa shape index (κ2) is 7.22. The van der Waals surface area contributed by atoms with E-state index in [0.717, 1.165) is 17.0 Å². The number of halogens is 1. The van der Waals surface area contributed by atoms with Gasteiger partial charge in [0.1, 0.15) is 12.4 Å². The van der Waals surface area contributed by atoms with E-state index in [9.17, 15) is 18.8 Å². The van der Waals surface area contributed by atoms with Gasteiger partial charge in [-0.2, -0.15) is 0 Å². The minimum Gasteiger partial charge on any atom is -0.478 e. The van der Waals surface area contributed by atoms with Gasteiger partial charge in [0, 0.05) is 19.3 Å². The van der Waals surface area contributed by atoms with Crippen LogP contribution in [0.2, 0.25) is 0 Å². The van der Waals surface area contributed by atoms with Gasteiger partial charge < -0.3 is 20.6 Å². The van der Waals surface area contributed by atoms with Crippen LogP contribution in [0.25, 0.3) is 0 Å². The summed E-state index contributed by atoms with van der Waals surface area (Å²) in [5.74, 6) is -2.64. The Morgan fingerprint density at radius 1 is 1.33 bits per heavy atom. The topological polar surface area (TPSA) is 98.7 Å². The number of amides is 3. The van der Waals surface area contributed by atoms with Crippen LogP contribution in [0.5, 0.6) is 0 Å². The van der Waals surface area contributed by atoms with Crippen molar-refractivity contribution >= 4 is 23.6 Å². The number of carbonyl (C=O) groups is 3. The van der Waals surface area contributed by atoms with Crippen molar-refractivity contribution in [1.29, 1.82) is 0 Å². The van der Waals surface area contributed by atoms with Crippen molar-refractivity contribution in [2.45, 2.75) is 6.92 Å². The van der Waals surface area contributed by atoms with Gasteiger partial charge in [0.15, 0.2) is 0 Å². The average Bonchev–Trinajstić information content (AvgIpc) is 2.40. The van der Waals surface area contributed by atoms with Crippen molar-refractivity contribution < 1.29 is 23.9 Å². The normalized spacial score (nSPS) is 9.86. The van der Waals surface area contributed by atoms with Gasteiger partial charge in [0.2, 0.25) is 5.91 Å². The molecule has 7 nitrogen and oxygen atoms in total. The zero-order valence-electron chi connectivity index (χ0n) is 11.6. The molecule has 0 unspecified atom stereocenters. The van der Waals surface area contributed by atoms with E-state index < -0.39 is 23.4 Å². The molecule has 1 aromatic rings. The highest BCUT2D eigenvalue weighted by Crippen LogP contribution is 2.15. The summed E-state index contributed by atoms with van der Waals surface area (Å²) in [6.45, 7) is 2.06. The Kier molecular flexibility index (Phi) is 5.65. The van der Waals surface area contributed by atoms with Gasteiger partial charge in [-0.25, -0.2) is 14.0 Å². The van der Waals surface area contributed by atoms with E-state index in [1.807, 2.05) is 0 Å². The third kappa shape index (κ3) is 4.75. The first-order valence-corrected chi connectivity index (χ1v) is 6.16. The first-order chi connectivity index (χ1) is 9.85. The first-order valence-electron chi connectivity index (χ1n) is 6.16. The Hall–Kier alpha value is -2.64. The van der Waals surface area contributed by atoms with Gasteiger partial charge in [-0.1, -0.05) is 0 Å². The second-order valence-electron chi connectivity index (χ2n) is 4.24. The number of hydrogen-bond acceptors (Lipinski definition) is 3. The molecule has 21 heavy (non-hydrogen) atoms. The Morgan fingerprint density at radius 3 is 2.57 bits per heavy atom. The number of rotatable bonds is 5. The van der Waals surface area contributed by atoms with Crippen molar-refractivity contribution in [1.82, 2.24) is 10.2 Å². The van der Waals surface area contributed by atoms with Crippen LogP contribution < -0.4 is 10.6 Å². The summed E-state index contributed by atoms with van der Waals surface area (Å²) in [5, 5.41) is 13.7. The monoisotopic (exact) mass is 297 g/mol. The van der Waals surface area contributed by atoms with Crippen LogP contribution in [0.15, 0.2) is 18.2 Å². The maximum absolute atomic E-state index is 13.2. The molecule has 0 heterocycles. The van der Waals surface area contributed by atoms with E-state index in [0.29, 0.717) is 6.54 Å². The average molecular weight is 297 g/mol. The van der Waals surface area contributed by atoms with E-state index >= 15 is 0 Å². The van der Waals surface area contributed by atoms with Gasteiger partial charge in [0.25, 0.3) is 0 Å². The van der Waals surface area contributed by atoms with Crippen LogP contribution in [0.1, 0.15) is 17.3 Å². The van der Waals surface area contributed by atoms with Crippen LogP contribution in [0.3, 0.4) is 0 Å². The number of carboxylic acid groups (broad SMARTS) is 1. The summed E-state index contributed by atoms with van der Waals surface area (Å²) in [6.07, 6.45) is 0. The quantitative estimate of drug-likeness (QED) is 0.758. The minimum absolute atomic E-state index is 0.126. The molecule has 0 saturated heterocycles. The molecule has 8 heteroatoms. The lowest BCUT2D eigenvalue weighted by Crippen LogP contribution is -2.40. The highest BCUT2D eigenvalue weighted by Gasteiger charge is 2.15. The first kappa shape index (κ1) is 16.4. The number of hydrogen-bond donors (Lipinski definition) is 3. The molecule has 1 rings (SSSR count). The highest BCUT2D eigenvalue weighted by molar-refractivity contribution is 5.94. The standard InChI is InChI=1S/C13H16FN3O4/c1-3-15-11(18)7-17(2)13(21)16-8-4-5-10(14)9(6-8)12(19)20/h4-6H,3,7H2,1-2H3,(H,15,18)(H,16,21)(H,19,20). The highest BCUT2D eigenvalue weighted by atomic mass is 19.1. The van der Waals surface area contributed by atoms with Crippen LogP contribution in [-0.4, -0.2) is 48.1 Å². The lowest BCUT2D eigenvalue weighted by Gasteiger charge is -2.17. The van der Waals surface area contributed by atoms with Gasteiger partial charge >= 0.3 is 12.0 Å². The number of anilines is 1. The van der Waals surface area contributed by atoms with Crippen molar-refractivity contribution in [2.24, 2.45) is 0 Å². The summed E-state index contributed by atoms with van der Waals surface area (Å²) >= 11 is 0. The maximum atomic E-state index is 13.2. The van der Waals surface area contributed by atoms with Crippen LogP contribution >= 0.6 is 0 Å². The molecular formula is C13H16FN3O4. The summed E-state index contributed by atoms with van der Waals surface area (Å²) in [6, 6.07) is 2.59. The number of likely N-dealkylation sites (N-methyl/N-ethyl adjacent to an activating group) is 2. The zero-order valence-corrected chi connectivity index (χ0v) is 11.6. The fourth-order valence-corrected chi connectivity index (χ4v) is 1.53. The lowest BCUT2D eigenvalue weighted by atomic mass is 10.2. The zero-order chi connectivity index (χ0) is 16.0. The molecule has 0 saturated carbocycles. The van der Waals surface area contributed by atoms with E-state index in [2.05, 4.69) is 10.6 Å². The van der Waals surface area contributed by atoms with E-state index in [4.69, 9.17) is 5.11 Å². The number of carbonyl (C=O) groups excluding carboxylic acids is 2. The van der Waals surface area contributed by atoms with Crippen molar-refractivity contribution in [2.75, 3.05) is 25.5 Å². The molecule has 0 aromatic heterocycles. The molecule has 0 bridgehead atoms. The van der Waals surface area contributed by atoms with Crippen molar-refractivity contribution in [3.05, 3.63) is 29.6 Å². The lowest BCUT2D eigenvalue weighted by molar-refractivity contribution is -0.121. The molecule has 0 aliphatic rings. The van der Waals surface area contributed by atoms with Crippen LogP contribution in [0, 0.1) is 5.82 Å². The number of nitrogens with zero attached hydrogens (tertiary/aromatic N) is 1. The number of urea groups is 1. The van der Waals surface area contributed by atoms with Crippen LogP contribution in [-0.2, 0) is 4.79 Å². The molecule has 0 aliphatic carbocycles. The van der Waals surface area contributed by atoms with Crippen LogP contribution in [0.4, 0.5) is 14.9 Å². The molecule has 1 aromatic carbocycles. The summed E-state index contributed by atoms with van der Waals surface area (Å²) < 4.78 is 13.2. The number of nitrogens with one attached hydrogen (secondary N) is 2. The van der Waals surface area contributed by atoms with E-state index in [-0.39, 0.29) is 18.1 Å². The summed E-state index contributed by atoms with van der Waals surface area (Å²) in [4.78, 5) is 35.1. The van der Waals surface area contributed by atoms with Crippen molar-refractivity contribution in [3.8, 4) is 0 Å². The SMILES string of the molecule is CCNC(=O)CN(C)C(=O)Nc1ccc(F)c(C(=O)O)c1. The largest absolute Gasteiger partial charge is 0.478 e. The van der Waals surface area contributed by atoms with Gasteiger partial charge in [-0.15, -0.1) is 0 Å². The van der Waals surface area contributed by atoms with E-state index in [1.165, 1.54) is 13.1 Å². The van der Waals surface area contributed by atoms with Gasteiger partial charge in [0.05, 0.1) is 5.56 Å². The molecule has 3 amide bonds. The summed E-state index contributed by atoms with van der Waals surface area (Å²) in [7, 11) is 1.41.